The molecule has 0 atom stereocenters. The van der Waals surface area contributed by atoms with Crippen LogP contribution in [0.25, 0.3) is 11.0 Å². The van der Waals surface area contributed by atoms with E-state index < -0.39 is 0 Å². The van der Waals surface area contributed by atoms with Gasteiger partial charge in [0.1, 0.15) is 17.9 Å². The molecule has 0 radical (unpaired) electrons. The van der Waals surface area contributed by atoms with E-state index in [4.69, 9.17) is 0 Å². The normalized spacial score (nSPS) is 10.6. The monoisotopic (exact) mass is 341 g/mol. The highest BCUT2D eigenvalue weighted by atomic mass is 19.1. The van der Waals surface area contributed by atoms with Gasteiger partial charge in [0.2, 0.25) is 11.8 Å². The van der Waals surface area contributed by atoms with Crippen LogP contribution >= 0.6 is 0 Å². The average molecular weight is 341 g/mol. The summed E-state index contributed by atoms with van der Waals surface area (Å²) in [6, 6.07) is 12.7. The van der Waals surface area contributed by atoms with E-state index in [-0.39, 0.29) is 30.7 Å². The van der Waals surface area contributed by atoms with Gasteiger partial charge in [-0.15, -0.1) is 5.10 Å². The molecular formula is C17H16FN5O2. The van der Waals surface area contributed by atoms with E-state index >= 15 is 0 Å². The maximum Gasteiger partial charge on any atom is 0.244 e. The van der Waals surface area contributed by atoms with Crippen molar-refractivity contribution in [1.29, 1.82) is 0 Å². The number of hydrogen-bond donors (Lipinski definition) is 1. The molecule has 1 N–H and O–H groups in total. The summed E-state index contributed by atoms with van der Waals surface area (Å²) in [5, 5.41) is 10.6. The lowest BCUT2D eigenvalue weighted by Crippen LogP contribution is -2.37. The van der Waals surface area contributed by atoms with Crippen molar-refractivity contribution in [2.24, 2.45) is 0 Å². The summed E-state index contributed by atoms with van der Waals surface area (Å²) < 4.78 is 14.3. The molecule has 1 aromatic heterocycles. The van der Waals surface area contributed by atoms with Gasteiger partial charge in [0.25, 0.3) is 0 Å². The van der Waals surface area contributed by atoms with Crippen molar-refractivity contribution >= 4 is 28.5 Å². The summed E-state index contributed by atoms with van der Waals surface area (Å²) in [4.78, 5) is 25.6. The van der Waals surface area contributed by atoms with E-state index in [2.05, 4.69) is 15.6 Å². The standard InChI is InChI=1S/C17H16FN5O2/c1-22(10-16(24)19-13-8-6-12(18)7-9-13)17(25)11-23-15-5-3-2-4-14(15)20-21-23/h2-9H,10-11H2,1H3,(H,19,24). The molecule has 0 saturated carbocycles. The smallest absolute Gasteiger partial charge is 0.244 e. The Hall–Kier alpha value is -3.29. The van der Waals surface area contributed by atoms with Crippen molar-refractivity contribution in [2.45, 2.75) is 6.54 Å². The van der Waals surface area contributed by atoms with Crippen molar-refractivity contribution in [2.75, 3.05) is 18.9 Å². The summed E-state index contributed by atoms with van der Waals surface area (Å²) in [6.45, 7) is -0.135. The Bertz CT molecular complexity index is 907. The van der Waals surface area contributed by atoms with Crippen LogP contribution in [0, 0.1) is 5.82 Å². The first kappa shape index (κ1) is 16.6. The van der Waals surface area contributed by atoms with Crippen LogP contribution in [-0.2, 0) is 16.1 Å². The highest BCUT2D eigenvalue weighted by molar-refractivity contribution is 5.94. The van der Waals surface area contributed by atoms with Gasteiger partial charge in [-0.25, -0.2) is 9.07 Å². The fraction of sp³-hybridized carbons (Fsp3) is 0.176. The zero-order chi connectivity index (χ0) is 17.8. The molecule has 2 amide bonds. The highest BCUT2D eigenvalue weighted by Gasteiger charge is 2.15. The minimum absolute atomic E-state index is 0.0131. The minimum atomic E-state index is -0.384. The number of para-hydroxylation sites is 1. The lowest BCUT2D eigenvalue weighted by Gasteiger charge is -2.17. The third-order valence-electron chi connectivity index (χ3n) is 3.64. The first-order valence-electron chi connectivity index (χ1n) is 7.60. The lowest BCUT2D eigenvalue weighted by molar-refractivity contribution is -0.133. The van der Waals surface area contributed by atoms with Crippen molar-refractivity contribution in [1.82, 2.24) is 19.9 Å². The third kappa shape index (κ3) is 3.97. The van der Waals surface area contributed by atoms with E-state index in [1.54, 1.807) is 0 Å². The first-order chi connectivity index (χ1) is 12.0. The Morgan fingerprint density at radius 1 is 1.16 bits per heavy atom. The number of amides is 2. The number of hydrogen-bond acceptors (Lipinski definition) is 4. The molecule has 0 bridgehead atoms. The van der Waals surface area contributed by atoms with E-state index in [0.29, 0.717) is 11.2 Å². The molecule has 25 heavy (non-hydrogen) atoms. The Balaban J connectivity index is 1.58. The molecule has 0 aliphatic heterocycles. The molecule has 3 aromatic rings. The molecule has 0 saturated heterocycles. The van der Waals surface area contributed by atoms with Gasteiger partial charge in [0, 0.05) is 12.7 Å². The Morgan fingerprint density at radius 2 is 1.88 bits per heavy atom. The Labute approximate surface area is 143 Å². The summed E-state index contributed by atoms with van der Waals surface area (Å²) in [5.74, 6) is -1.03. The molecule has 2 aromatic carbocycles. The second kappa shape index (κ2) is 7.08. The second-order valence-electron chi connectivity index (χ2n) is 5.54. The predicted molar refractivity (Wildman–Crippen MR) is 90.2 cm³/mol. The highest BCUT2D eigenvalue weighted by Crippen LogP contribution is 2.10. The Kier molecular flexibility index (Phi) is 4.69. The topological polar surface area (TPSA) is 80.1 Å². The number of rotatable bonds is 5. The minimum Gasteiger partial charge on any atom is -0.335 e. The molecular weight excluding hydrogens is 325 g/mol. The van der Waals surface area contributed by atoms with Crippen molar-refractivity contribution in [3.8, 4) is 0 Å². The zero-order valence-electron chi connectivity index (χ0n) is 13.5. The van der Waals surface area contributed by atoms with Crippen molar-refractivity contribution < 1.29 is 14.0 Å². The van der Waals surface area contributed by atoms with Gasteiger partial charge in [-0.2, -0.15) is 0 Å². The molecule has 128 valence electrons. The van der Waals surface area contributed by atoms with Crippen molar-refractivity contribution in [3.63, 3.8) is 0 Å². The quantitative estimate of drug-likeness (QED) is 0.765. The van der Waals surface area contributed by atoms with Crippen LogP contribution in [0.1, 0.15) is 0 Å². The molecule has 0 unspecified atom stereocenters. The molecule has 7 nitrogen and oxygen atoms in total. The largest absolute Gasteiger partial charge is 0.335 e. The number of nitrogens with one attached hydrogen (secondary N) is 1. The van der Waals surface area contributed by atoms with Gasteiger partial charge in [-0.3, -0.25) is 9.59 Å². The number of benzene rings is 2. The zero-order valence-corrected chi connectivity index (χ0v) is 13.5. The maximum atomic E-state index is 12.9. The summed E-state index contributed by atoms with van der Waals surface area (Å²) >= 11 is 0. The van der Waals surface area contributed by atoms with E-state index in [1.165, 1.54) is 40.9 Å². The van der Waals surface area contributed by atoms with Gasteiger partial charge in [0.15, 0.2) is 0 Å². The van der Waals surface area contributed by atoms with Gasteiger partial charge in [-0.1, -0.05) is 17.3 Å². The molecule has 8 heteroatoms. The van der Waals surface area contributed by atoms with Crippen LogP contribution in [0.2, 0.25) is 0 Å². The number of carbonyl (C=O) groups excluding carboxylic acids is 2. The van der Waals surface area contributed by atoms with Crippen molar-refractivity contribution in [3.05, 3.63) is 54.3 Å². The molecule has 1 heterocycles. The fourth-order valence-electron chi connectivity index (χ4n) is 2.32. The number of likely N-dealkylation sites (N-methyl/N-ethyl adjacent to an activating group) is 1. The van der Waals surface area contributed by atoms with E-state index in [9.17, 15) is 14.0 Å². The SMILES string of the molecule is CN(CC(=O)Nc1ccc(F)cc1)C(=O)Cn1nnc2ccccc21. The van der Waals surface area contributed by atoms with Crippen LogP contribution < -0.4 is 5.32 Å². The lowest BCUT2D eigenvalue weighted by atomic mass is 10.3. The summed E-state index contributed by atoms with van der Waals surface area (Å²) in [6.07, 6.45) is 0. The molecule has 0 fully saturated rings. The summed E-state index contributed by atoms with van der Waals surface area (Å²) in [7, 11) is 1.53. The first-order valence-corrected chi connectivity index (χ1v) is 7.60. The number of fused-ring (bicyclic) bond motifs is 1. The number of aromatic nitrogens is 3. The molecule has 3 rings (SSSR count). The van der Waals surface area contributed by atoms with E-state index in [0.717, 1.165) is 5.52 Å². The van der Waals surface area contributed by atoms with Crippen LogP contribution in [0.3, 0.4) is 0 Å². The van der Waals surface area contributed by atoms with Gasteiger partial charge in [-0.05, 0) is 36.4 Å². The number of halogens is 1. The van der Waals surface area contributed by atoms with Gasteiger partial charge < -0.3 is 10.2 Å². The van der Waals surface area contributed by atoms with Crippen LogP contribution in [-0.4, -0.2) is 45.3 Å². The summed E-state index contributed by atoms with van der Waals surface area (Å²) in [5.41, 5.74) is 1.92. The molecule has 0 aliphatic rings. The predicted octanol–water partition coefficient (Wildman–Crippen LogP) is 1.67. The van der Waals surface area contributed by atoms with Gasteiger partial charge in [0.05, 0.1) is 12.1 Å². The van der Waals surface area contributed by atoms with E-state index in [1.807, 2.05) is 24.3 Å². The second-order valence-corrected chi connectivity index (χ2v) is 5.54. The van der Waals surface area contributed by atoms with Crippen LogP contribution in [0.15, 0.2) is 48.5 Å². The maximum absolute atomic E-state index is 12.9. The molecule has 0 aliphatic carbocycles. The Morgan fingerprint density at radius 3 is 2.64 bits per heavy atom. The third-order valence-corrected chi connectivity index (χ3v) is 3.64. The van der Waals surface area contributed by atoms with Crippen LogP contribution in [0.5, 0.6) is 0 Å². The van der Waals surface area contributed by atoms with Gasteiger partial charge >= 0.3 is 0 Å². The fourth-order valence-corrected chi connectivity index (χ4v) is 2.32. The number of carbonyl (C=O) groups is 2. The molecule has 0 spiro atoms. The number of anilines is 1. The average Bonchev–Trinajstić information content (AvgIpc) is 3.00. The number of nitrogens with zero attached hydrogens (tertiary/aromatic N) is 4. The van der Waals surface area contributed by atoms with Crippen LogP contribution in [0.4, 0.5) is 10.1 Å².